The Labute approximate surface area is 235 Å². The van der Waals surface area contributed by atoms with Crippen molar-refractivity contribution < 1.29 is 28.7 Å². The lowest BCUT2D eigenvalue weighted by Crippen LogP contribution is -2.43. The van der Waals surface area contributed by atoms with E-state index in [1.54, 1.807) is 42.5 Å². The van der Waals surface area contributed by atoms with E-state index in [0.29, 0.717) is 11.4 Å². The topological polar surface area (TPSA) is 123 Å². The second kappa shape index (κ2) is 13.8. The molecule has 0 heterocycles. The van der Waals surface area contributed by atoms with Crippen LogP contribution in [0.3, 0.4) is 0 Å². The van der Waals surface area contributed by atoms with Crippen molar-refractivity contribution in [3.8, 4) is 11.5 Å². The molecule has 3 N–H and O–H groups in total. The number of carbonyl (C=O) groups is 4. The number of fused-ring (bicyclic) bond motifs is 1. The number of hydrogen-bond donors (Lipinski definition) is 3. The molecule has 0 atom stereocenters. The number of hydrazine groups is 1. The van der Waals surface area contributed by atoms with Crippen LogP contribution in [0.1, 0.15) is 29.6 Å². The van der Waals surface area contributed by atoms with Crippen LogP contribution in [-0.2, 0) is 19.1 Å². The Kier molecular flexibility index (Phi) is 9.68. The molecular formula is C30H26ClN3O6. The molecule has 0 aliphatic carbocycles. The maximum atomic E-state index is 12.3. The average Bonchev–Trinajstić information content (AvgIpc) is 2.96. The van der Waals surface area contributed by atoms with Crippen LogP contribution in [0.5, 0.6) is 11.5 Å². The summed E-state index contributed by atoms with van der Waals surface area (Å²) in [6, 6.07) is 27.1. The van der Waals surface area contributed by atoms with Gasteiger partial charge in [-0.3, -0.25) is 30.0 Å². The molecule has 0 aromatic heterocycles. The smallest absolute Gasteiger partial charge is 0.306 e. The van der Waals surface area contributed by atoms with Gasteiger partial charge in [0.1, 0.15) is 11.5 Å². The highest BCUT2D eigenvalue weighted by Gasteiger charge is 2.13. The largest absolute Gasteiger partial charge is 0.457 e. The SMILES string of the molecule is O=C(COC(=O)CCCC(=O)Nc1ccc(Oc2cccc3ccccc23)cc1)NNC(=O)c1ccccc1Cl. The van der Waals surface area contributed by atoms with Crippen LogP contribution in [-0.4, -0.2) is 30.3 Å². The standard InChI is InChI=1S/C30H26ClN3O6/c31-25-11-4-3-10-24(25)30(38)34-33-28(36)19-39-29(37)14-6-13-27(35)32-21-15-17-22(18-16-21)40-26-12-5-8-20-7-1-2-9-23(20)26/h1-5,7-12,15-18H,6,13-14,19H2,(H,32,35)(H,33,36)(H,34,38). The molecule has 0 saturated carbocycles. The van der Waals surface area contributed by atoms with Crippen molar-refractivity contribution in [1.29, 1.82) is 0 Å². The van der Waals surface area contributed by atoms with Gasteiger partial charge < -0.3 is 14.8 Å². The first-order valence-electron chi connectivity index (χ1n) is 12.4. The number of benzene rings is 4. The summed E-state index contributed by atoms with van der Waals surface area (Å²) in [6.45, 7) is -0.582. The van der Waals surface area contributed by atoms with Crippen molar-refractivity contribution in [2.24, 2.45) is 0 Å². The van der Waals surface area contributed by atoms with Gasteiger partial charge in [0.25, 0.3) is 11.8 Å². The fourth-order valence-corrected chi connectivity index (χ4v) is 3.95. The van der Waals surface area contributed by atoms with Gasteiger partial charge in [0.05, 0.1) is 10.6 Å². The zero-order chi connectivity index (χ0) is 28.3. The van der Waals surface area contributed by atoms with Gasteiger partial charge >= 0.3 is 5.97 Å². The monoisotopic (exact) mass is 559 g/mol. The molecule has 4 aromatic rings. The first-order valence-corrected chi connectivity index (χ1v) is 12.8. The lowest BCUT2D eigenvalue weighted by Gasteiger charge is -2.10. The Morgan fingerprint density at radius 3 is 2.25 bits per heavy atom. The number of esters is 1. The fourth-order valence-electron chi connectivity index (χ4n) is 3.73. The van der Waals surface area contributed by atoms with Gasteiger partial charge in [-0.25, -0.2) is 0 Å². The van der Waals surface area contributed by atoms with Crippen LogP contribution in [0.4, 0.5) is 5.69 Å². The summed E-state index contributed by atoms with van der Waals surface area (Å²) >= 11 is 5.93. The molecule has 0 radical (unpaired) electrons. The van der Waals surface area contributed by atoms with Crippen molar-refractivity contribution in [2.45, 2.75) is 19.3 Å². The van der Waals surface area contributed by atoms with Crippen LogP contribution in [0.25, 0.3) is 10.8 Å². The zero-order valence-corrected chi connectivity index (χ0v) is 22.1. The number of amides is 3. The Morgan fingerprint density at radius 2 is 1.45 bits per heavy atom. The van der Waals surface area contributed by atoms with E-state index >= 15 is 0 Å². The Bertz CT molecular complexity index is 1520. The minimum absolute atomic E-state index is 0.0511. The van der Waals surface area contributed by atoms with Gasteiger partial charge in [0.2, 0.25) is 5.91 Å². The quantitative estimate of drug-likeness (QED) is 0.177. The van der Waals surface area contributed by atoms with Crippen molar-refractivity contribution in [2.75, 3.05) is 11.9 Å². The number of anilines is 1. The van der Waals surface area contributed by atoms with Crippen LogP contribution in [0, 0.1) is 0 Å². The van der Waals surface area contributed by atoms with Gasteiger partial charge in [-0.05, 0) is 54.3 Å². The van der Waals surface area contributed by atoms with Crippen molar-refractivity contribution in [3.05, 3.63) is 102 Å². The molecule has 40 heavy (non-hydrogen) atoms. The Hall–Kier alpha value is -4.89. The molecule has 4 aromatic carbocycles. The van der Waals surface area contributed by atoms with E-state index in [4.69, 9.17) is 21.1 Å². The van der Waals surface area contributed by atoms with E-state index in [1.807, 2.05) is 42.5 Å². The van der Waals surface area contributed by atoms with Crippen LogP contribution in [0.15, 0.2) is 91.0 Å². The highest BCUT2D eigenvalue weighted by Crippen LogP contribution is 2.30. The molecule has 0 aliphatic heterocycles. The minimum atomic E-state index is -0.723. The van der Waals surface area contributed by atoms with E-state index < -0.39 is 24.4 Å². The van der Waals surface area contributed by atoms with Crippen molar-refractivity contribution >= 4 is 51.8 Å². The summed E-state index contributed by atoms with van der Waals surface area (Å²) in [7, 11) is 0. The Morgan fingerprint density at radius 1 is 0.725 bits per heavy atom. The summed E-state index contributed by atoms with van der Waals surface area (Å²) in [5, 5.41) is 5.08. The first kappa shape index (κ1) is 28.1. The molecule has 4 rings (SSSR count). The van der Waals surface area contributed by atoms with E-state index in [9.17, 15) is 19.2 Å². The molecule has 9 nitrogen and oxygen atoms in total. The molecule has 0 saturated heterocycles. The lowest BCUT2D eigenvalue weighted by atomic mass is 10.1. The summed E-state index contributed by atoms with van der Waals surface area (Å²) in [4.78, 5) is 48.0. The summed E-state index contributed by atoms with van der Waals surface area (Å²) in [5.41, 5.74) is 5.11. The molecule has 10 heteroatoms. The van der Waals surface area contributed by atoms with Gasteiger partial charge in [0.15, 0.2) is 6.61 Å². The average molecular weight is 560 g/mol. The Balaban J connectivity index is 1.13. The van der Waals surface area contributed by atoms with Gasteiger partial charge in [0, 0.05) is 23.9 Å². The van der Waals surface area contributed by atoms with Gasteiger partial charge in [-0.2, -0.15) is 0 Å². The normalized spacial score (nSPS) is 10.4. The van der Waals surface area contributed by atoms with Gasteiger partial charge in [-0.15, -0.1) is 0 Å². The number of carbonyl (C=O) groups excluding carboxylic acids is 4. The highest BCUT2D eigenvalue weighted by atomic mass is 35.5. The predicted molar refractivity (Wildman–Crippen MR) is 151 cm³/mol. The van der Waals surface area contributed by atoms with Crippen molar-refractivity contribution in [3.63, 3.8) is 0 Å². The number of ether oxygens (including phenoxy) is 2. The molecule has 0 spiro atoms. The molecule has 0 bridgehead atoms. The second-order valence-electron chi connectivity index (χ2n) is 8.65. The first-order chi connectivity index (χ1) is 19.4. The van der Waals surface area contributed by atoms with Crippen molar-refractivity contribution in [1.82, 2.24) is 10.9 Å². The second-order valence-corrected chi connectivity index (χ2v) is 9.06. The van der Waals surface area contributed by atoms with E-state index in [1.165, 1.54) is 6.07 Å². The number of hydrogen-bond acceptors (Lipinski definition) is 6. The maximum absolute atomic E-state index is 12.3. The third-order valence-electron chi connectivity index (χ3n) is 5.70. The molecule has 0 aliphatic rings. The molecular weight excluding hydrogens is 534 g/mol. The molecule has 0 fully saturated rings. The maximum Gasteiger partial charge on any atom is 0.306 e. The zero-order valence-electron chi connectivity index (χ0n) is 21.3. The number of halogens is 1. The number of nitrogens with one attached hydrogen (secondary N) is 3. The molecule has 204 valence electrons. The summed E-state index contributed by atoms with van der Waals surface area (Å²) < 4.78 is 10.9. The highest BCUT2D eigenvalue weighted by molar-refractivity contribution is 6.33. The lowest BCUT2D eigenvalue weighted by molar-refractivity contribution is -0.148. The van der Waals surface area contributed by atoms with E-state index in [2.05, 4.69) is 16.2 Å². The molecule has 0 unspecified atom stereocenters. The summed E-state index contributed by atoms with van der Waals surface area (Å²) in [5.74, 6) is -0.876. The van der Waals surface area contributed by atoms with E-state index in [-0.39, 0.29) is 35.8 Å². The van der Waals surface area contributed by atoms with Crippen LogP contribution in [0.2, 0.25) is 5.02 Å². The minimum Gasteiger partial charge on any atom is -0.457 e. The molecule has 3 amide bonds. The predicted octanol–water partition coefficient (Wildman–Crippen LogP) is 5.40. The third-order valence-corrected chi connectivity index (χ3v) is 6.03. The van der Waals surface area contributed by atoms with Gasteiger partial charge in [-0.1, -0.05) is 60.1 Å². The third kappa shape index (κ3) is 8.05. The van der Waals surface area contributed by atoms with E-state index in [0.717, 1.165) is 16.5 Å². The fraction of sp³-hybridized carbons (Fsp3) is 0.133. The summed E-state index contributed by atoms with van der Waals surface area (Å²) in [6.07, 6.45) is 0.270. The van der Waals surface area contributed by atoms with Crippen LogP contribution >= 0.6 is 11.6 Å². The van der Waals surface area contributed by atoms with Crippen LogP contribution < -0.4 is 20.9 Å². The number of rotatable bonds is 10.